The van der Waals surface area contributed by atoms with Crippen molar-refractivity contribution in [2.24, 2.45) is 11.8 Å². The van der Waals surface area contributed by atoms with Gasteiger partial charge >= 0.3 is 0 Å². The first kappa shape index (κ1) is 22.7. The van der Waals surface area contributed by atoms with E-state index in [1.54, 1.807) is 25.3 Å². The van der Waals surface area contributed by atoms with Crippen molar-refractivity contribution >= 4 is 34.1 Å². The number of aryl methyl sites for hydroxylation is 1. The van der Waals surface area contributed by atoms with Gasteiger partial charge in [0, 0.05) is 24.0 Å². The Balaban J connectivity index is 1.20. The maximum atomic E-state index is 13.9. The van der Waals surface area contributed by atoms with Gasteiger partial charge in [-0.05, 0) is 67.1 Å². The molecule has 0 radical (unpaired) electrons. The summed E-state index contributed by atoms with van der Waals surface area (Å²) in [7, 11) is 1.61. The highest BCUT2D eigenvalue weighted by Crippen LogP contribution is 2.50. The third-order valence-corrected chi connectivity index (χ3v) is 8.15. The Labute approximate surface area is 211 Å². The van der Waals surface area contributed by atoms with E-state index < -0.39 is 0 Å². The normalized spacial score (nSPS) is 20.4. The molecular formula is C27H25FN4O3S. The van der Waals surface area contributed by atoms with E-state index in [2.05, 4.69) is 15.3 Å². The van der Waals surface area contributed by atoms with E-state index in [4.69, 9.17) is 4.74 Å². The highest BCUT2D eigenvalue weighted by molar-refractivity contribution is 7.15. The van der Waals surface area contributed by atoms with Crippen molar-refractivity contribution in [3.63, 3.8) is 0 Å². The Morgan fingerprint density at radius 1 is 1.25 bits per heavy atom. The maximum absolute atomic E-state index is 13.9. The first-order valence-electron chi connectivity index (χ1n) is 11.9. The fourth-order valence-electron chi connectivity index (χ4n) is 5.25. The van der Waals surface area contributed by atoms with Crippen molar-refractivity contribution in [3.05, 3.63) is 70.7 Å². The summed E-state index contributed by atoms with van der Waals surface area (Å²) in [5.41, 5.74) is 2.31. The fraction of sp³-hybridized carbons (Fsp3) is 0.296. The lowest BCUT2D eigenvalue weighted by Gasteiger charge is -2.27. The number of benzene rings is 2. The number of thiazole rings is 1. The lowest BCUT2D eigenvalue weighted by Crippen LogP contribution is -2.45. The molecular weight excluding hydrogens is 479 g/mol. The van der Waals surface area contributed by atoms with Crippen LogP contribution in [-0.2, 0) is 0 Å². The number of halogens is 1. The molecule has 1 aliphatic heterocycles. The molecule has 6 rings (SSSR count). The largest absolute Gasteiger partial charge is 0.497 e. The number of likely N-dealkylation sites (tertiary alicyclic amines) is 1. The Hall–Kier alpha value is -3.72. The van der Waals surface area contributed by atoms with Gasteiger partial charge in [-0.15, -0.1) is 11.3 Å². The summed E-state index contributed by atoms with van der Waals surface area (Å²) in [6.07, 6.45) is 1.06. The highest BCUT2D eigenvalue weighted by Gasteiger charge is 2.54. The zero-order valence-electron chi connectivity index (χ0n) is 19.9. The quantitative estimate of drug-likeness (QED) is 0.401. The number of fused-ring (bicyclic) bond motifs is 2. The second-order valence-corrected chi connectivity index (χ2v) is 10.7. The molecule has 7 nitrogen and oxygen atoms in total. The number of methoxy groups -OCH3 is 1. The van der Waals surface area contributed by atoms with E-state index in [0.29, 0.717) is 46.8 Å². The third-order valence-electron chi connectivity index (χ3n) is 7.13. The van der Waals surface area contributed by atoms with Crippen LogP contribution >= 0.6 is 11.3 Å². The number of nitrogens with one attached hydrogen (secondary N) is 2. The van der Waals surface area contributed by atoms with Crippen LogP contribution in [0.1, 0.15) is 32.4 Å². The summed E-state index contributed by atoms with van der Waals surface area (Å²) in [6, 6.07) is 13.5. The van der Waals surface area contributed by atoms with E-state index in [1.165, 1.54) is 23.5 Å². The first-order valence-corrected chi connectivity index (χ1v) is 12.7. The molecule has 0 spiro atoms. The number of aromatic nitrogens is 2. The van der Waals surface area contributed by atoms with Gasteiger partial charge in [-0.25, -0.2) is 9.37 Å². The van der Waals surface area contributed by atoms with Crippen molar-refractivity contribution in [1.82, 2.24) is 20.2 Å². The van der Waals surface area contributed by atoms with Crippen LogP contribution in [0.2, 0.25) is 0 Å². The number of carbonyl (C=O) groups excluding carboxylic acids is 2. The second-order valence-electron chi connectivity index (χ2n) is 9.45. The third kappa shape index (κ3) is 4.03. The van der Waals surface area contributed by atoms with Gasteiger partial charge in [0.1, 0.15) is 23.0 Å². The molecule has 36 heavy (non-hydrogen) atoms. The van der Waals surface area contributed by atoms with Crippen LogP contribution in [0.15, 0.2) is 48.5 Å². The van der Waals surface area contributed by atoms with Gasteiger partial charge in [0.25, 0.3) is 11.8 Å². The van der Waals surface area contributed by atoms with Crippen LogP contribution in [0.5, 0.6) is 5.75 Å². The fourth-order valence-corrected chi connectivity index (χ4v) is 6.16. The Morgan fingerprint density at radius 2 is 2.11 bits per heavy atom. The lowest BCUT2D eigenvalue weighted by molar-refractivity contribution is 0.0690. The highest BCUT2D eigenvalue weighted by atomic mass is 32.1. The summed E-state index contributed by atoms with van der Waals surface area (Å²) in [4.78, 5) is 36.8. The van der Waals surface area contributed by atoms with Crippen LogP contribution < -0.4 is 10.1 Å². The molecule has 2 fully saturated rings. The van der Waals surface area contributed by atoms with Gasteiger partial charge in [-0.1, -0.05) is 12.1 Å². The molecule has 3 atom stereocenters. The van der Waals surface area contributed by atoms with Crippen molar-refractivity contribution in [1.29, 1.82) is 0 Å². The average molecular weight is 505 g/mol. The van der Waals surface area contributed by atoms with Crippen molar-refractivity contribution in [3.8, 4) is 16.2 Å². The van der Waals surface area contributed by atoms with Crippen LogP contribution in [-0.4, -0.2) is 52.9 Å². The SMILES string of the molecule is COc1ccc2[nH]c(C(=O)NC[C@@H]3[C@@H]4C[C@@H]4CN3C(=O)c3nc(C)sc3-c3cccc(F)c3)cc2c1. The molecule has 1 aliphatic carbocycles. The molecule has 184 valence electrons. The van der Waals surface area contributed by atoms with E-state index >= 15 is 0 Å². The number of piperidine rings is 1. The molecule has 4 aromatic rings. The van der Waals surface area contributed by atoms with Gasteiger partial charge in [0.2, 0.25) is 0 Å². The average Bonchev–Trinajstić information content (AvgIpc) is 3.19. The Bertz CT molecular complexity index is 1500. The molecule has 2 aliphatic rings. The van der Waals surface area contributed by atoms with Crippen LogP contribution in [0.25, 0.3) is 21.3 Å². The molecule has 3 heterocycles. The van der Waals surface area contributed by atoms with Crippen molar-refractivity contribution in [2.45, 2.75) is 19.4 Å². The number of hydrogen-bond donors (Lipinski definition) is 2. The molecule has 2 aromatic carbocycles. The summed E-state index contributed by atoms with van der Waals surface area (Å²) in [5, 5.41) is 4.66. The number of carbonyl (C=O) groups is 2. The van der Waals surface area contributed by atoms with Crippen molar-refractivity contribution in [2.75, 3.05) is 20.2 Å². The number of amides is 2. The molecule has 9 heteroatoms. The minimum Gasteiger partial charge on any atom is -0.497 e. The molecule has 1 saturated heterocycles. The van der Waals surface area contributed by atoms with Gasteiger partial charge < -0.3 is 19.9 Å². The molecule has 0 bridgehead atoms. The topological polar surface area (TPSA) is 87.3 Å². The number of H-pyrrole nitrogens is 1. The van der Waals surface area contributed by atoms with Gasteiger partial charge in [-0.2, -0.15) is 0 Å². The van der Waals surface area contributed by atoms with E-state index in [1.807, 2.05) is 30.0 Å². The van der Waals surface area contributed by atoms with Gasteiger partial charge in [0.15, 0.2) is 0 Å². The molecule has 1 saturated carbocycles. The Morgan fingerprint density at radius 3 is 2.92 bits per heavy atom. The van der Waals surface area contributed by atoms with Crippen LogP contribution in [0.4, 0.5) is 4.39 Å². The van der Waals surface area contributed by atoms with Gasteiger partial charge in [-0.3, -0.25) is 9.59 Å². The summed E-state index contributed by atoms with van der Waals surface area (Å²) in [6.45, 7) is 2.86. The van der Waals surface area contributed by atoms with E-state index in [9.17, 15) is 14.0 Å². The predicted octanol–water partition coefficient (Wildman–Crippen LogP) is 4.64. The number of aromatic amines is 1. The maximum Gasteiger partial charge on any atom is 0.274 e. The lowest BCUT2D eigenvalue weighted by atomic mass is 10.1. The second kappa shape index (κ2) is 8.74. The van der Waals surface area contributed by atoms with Gasteiger partial charge in [0.05, 0.1) is 23.0 Å². The number of ether oxygens (including phenoxy) is 1. The predicted molar refractivity (Wildman–Crippen MR) is 136 cm³/mol. The number of nitrogens with zero attached hydrogens (tertiary/aromatic N) is 2. The monoisotopic (exact) mass is 504 g/mol. The standard InChI is InChI=1S/C27H25FN4O3S/c1-14-30-24(25(36-14)15-4-3-5-18(28)8-15)27(34)32-13-17-10-20(17)23(32)12-29-26(33)22-11-16-9-19(35-2)6-7-21(16)31-22/h3-9,11,17,20,23,31H,10,12-13H2,1-2H3,(H,29,33)/t17-,20-,23-/m1/s1. The number of hydrogen-bond acceptors (Lipinski definition) is 5. The summed E-state index contributed by atoms with van der Waals surface area (Å²) < 4.78 is 19.1. The Kier molecular flexibility index (Phi) is 5.52. The molecule has 2 aromatic heterocycles. The minimum atomic E-state index is -0.352. The summed E-state index contributed by atoms with van der Waals surface area (Å²) in [5.74, 6) is 0.820. The minimum absolute atomic E-state index is 0.0988. The molecule has 2 amide bonds. The van der Waals surface area contributed by atoms with Crippen LogP contribution in [0, 0.1) is 24.6 Å². The van der Waals surface area contributed by atoms with E-state index in [-0.39, 0.29) is 23.7 Å². The molecule has 2 N–H and O–H groups in total. The molecule has 0 unspecified atom stereocenters. The van der Waals surface area contributed by atoms with Crippen LogP contribution in [0.3, 0.4) is 0 Å². The first-order chi connectivity index (χ1) is 17.4. The summed E-state index contributed by atoms with van der Waals surface area (Å²) >= 11 is 1.39. The zero-order valence-corrected chi connectivity index (χ0v) is 20.7. The number of rotatable bonds is 6. The zero-order chi connectivity index (χ0) is 25.0. The van der Waals surface area contributed by atoms with E-state index in [0.717, 1.165) is 28.1 Å². The van der Waals surface area contributed by atoms with Crippen molar-refractivity contribution < 1.29 is 18.7 Å². The smallest absolute Gasteiger partial charge is 0.274 e.